The predicted molar refractivity (Wildman–Crippen MR) is 51.8 cm³/mol. The summed E-state index contributed by atoms with van der Waals surface area (Å²) >= 11 is 0. The van der Waals surface area contributed by atoms with Crippen LogP contribution in [-0.4, -0.2) is 20.8 Å². The Morgan fingerprint density at radius 2 is 2.14 bits per heavy atom. The first-order chi connectivity index (χ1) is 6.69. The van der Waals surface area contributed by atoms with Crippen molar-refractivity contribution in [3.8, 4) is 5.75 Å². The van der Waals surface area contributed by atoms with E-state index in [4.69, 9.17) is 15.2 Å². The lowest BCUT2D eigenvalue weighted by molar-refractivity contribution is 0.179. The third-order valence-electron chi connectivity index (χ3n) is 1.95. The van der Waals surface area contributed by atoms with Gasteiger partial charge in [-0.25, -0.2) is 4.39 Å². The third-order valence-corrected chi connectivity index (χ3v) is 1.95. The van der Waals surface area contributed by atoms with E-state index in [1.165, 1.54) is 20.3 Å². The molecule has 0 radical (unpaired) electrons. The molecule has 4 heteroatoms. The van der Waals surface area contributed by atoms with Crippen LogP contribution in [0.2, 0.25) is 0 Å². The van der Waals surface area contributed by atoms with Gasteiger partial charge >= 0.3 is 0 Å². The van der Waals surface area contributed by atoms with Crippen molar-refractivity contribution >= 4 is 0 Å². The van der Waals surface area contributed by atoms with Crippen LogP contribution in [0.5, 0.6) is 5.75 Å². The van der Waals surface area contributed by atoms with E-state index in [1.54, 1.807) is 12.1 Å². The van der Waals surface area contributed by atoms with Crippen molar-refractivity contribution in [1.29, 1.82) is 0 Å². The Bertz CT molecular complexity index is 304. The first kappa shape index (κ1) is 10.9. The third kappa shape index (κ3) is 2.43. The summed E-state index contributed by atoms with van der Waals surface area (Å²) in [6.07, 6.45) is 0. The van der Waals surface area contributed by atoms with E-state index in [9.17, 15) is 4.39 Å². The molecule has 1 unspecified atom stereocenters. The fourth-order valence-electron chi connectivity index (χ4n) is 1.20. The fraction of sp³-hybridized carbons (Fsp3) is 0.400. The highest BCUT2D eigenvalue weighted by atomic mass is 19.1. The highest BCUT2D eigenvalue weighted by Gasteiger charge is 2.11. The quantitative estimate of drug-likeness (QED) is 0.798. The summed E-state index contributed by atoms with van der Waals surface area (Å²) in [6, 6.07) is 4.15. The molecule has 0 aliphatic carbocycles. The van der Waals surface area contributed by atoms with Crippen LogP contribution in [0.3, 0.4) is 0 Å². The molecule has 2 N–H and O–H groups in total. The number of methoxy groups -OCH3 is 2. The predicted octanol–water partition coefficient (Wildman–Crippen LogP) is 1.48. The molecule has 78 valence electrons. The SMILES string of the molecule is COCC(N)c1ccc(OC)cc1F. The summed E-state index contributed by atoms with van der Waals surface area (Å²) in [4.78, 5) is 0. The lowest BCUT2D eigenvalue weighted by atomic mass is 10.1. The van der Waals surface area contributed by atoms with Crippen LogP contribution in [0.1, 0.15) is 11.6 Å². The van der Waals surface area contributed by atoms with Crippen LogP contribution in [0, 0.1) is 5.82 Å². The number of hydrogen-bond acceptors (Lipinski definition) is 3. The number of benzene rings is 1. The molecule has 1 aromatic carbocycles. The van der Waals surface area contributed by atoms with Crippen LogP contribution >= 0.6 is 0 Å². The van der Waals surface area contributed by atoms with Gasteiger partial charge in [0.1, 0.15) is 11.6 Å². The number of ether oxygens (including phenoxy) is 2. The lowest BCUT2D eigenvalue weighted by Gasteiger charge is -2.12. The normalized spacial score (nSPS) is 12.6. The van der Waals surface area contributed by atoms with Gasteiger partial charge in [0.05, 0.1) is 19.8 Å². The maximum atomic E-state index is 13.4. The largest absolute Gasteiger partial charge is 0.497 e. The molecule has 0 bridgehead atoms. The Balaban J connectivity index is 2.88. The molecule has 0 saturated carbocycles. The Morgan fingerprint density at radius 1 is 1.43 bits per heavy atom. The molecule has 0 aliphatic heterocycles. The highest BCUT2D eigenvalue weighted by Crippen LogP contribution is 2.20. The molecule has 0 heterocycles. The zero-order valence-electron chi connectivity index (χ0n) is 8.29. The maximum Gasteiger partial charge on any atom is 0.131 e. The molecule has 0 aliphatic rings. The second kappa shape index (κ2) is 4.93. The minimum absolute atomic E-state index is 0.295. The van der Waals surface area contributed by atoms with E-state index >= 15 is 0 Å². The van der Waals surface area contributed by atoms with Crippen LogP contribution in [-0.2, 0) is 4.74 Å². The lowest BCUT2D eigenvalue weighted by Crippen LogP contribution is -2.17. The van der Waals surface area contributed by atoms with Gasteiger partial charge < -0.3 is 15.2 Å². The molecular weight excluding hydrogens is 185 g/mol. The molecule has 1 rings (SSSR count). The van der Waals surface area contributed by atoms with E-state index in [2.05, 4.69) is 0 Å². The van der Waals surface area contributed by atoms with Crippen molar-refractivity contribution in [1.82, 2.24) is 0 Å². The number of halogens is 1. The summed E-state index contributed by atoms with van der Waals surface area (Å²) in [5, 5.41) is 0. The molecule has 0 aromatic heterocycles. The molecule has 0 fully saturated rings. The van der Waals surface area contributed by atoms with Gasteiger partial charge in [-0.2, -0.15) is 0 Å². The molecule has 1 aromatic rings. The van der Waals surface area contributed by atoms with E-state index in [0.29, 0.717) is 17.9 Å². The van der Waals surface area contributed by atoms with Crippen LogP contribution in [0.25, 0.3) is 0 Å². The van der Waals surface area contributed by atoms with Gasteiger partial charge in [0.2, 0.25) is 0 Å². The van der Waals surface area contributed by atoms with Crippen molar-refractivity contribution < 1.29 is 13.9 Å². The van der Waals surface area contributed by atoms with Crippen molar-refractivity contribution in [2.24, 2.45) is 5.73 Å². The Morgan fingerprint density at radius 3 is 2.64 bits per heavy atom. The summed E-state index contributed by atoms with van der Waals surface area (Å²) in [6.45, 7) is 0.295. The van der Waals surface area contributed by atoms with Crippen molar-refractivity contribution in [2.45, 2.75) is 6.04 Å². The minimum Gasteiger partial charge on any atom is -0.497 e. The number of nitrogens with two attached hydrogens (primary N) is 1. The van der Waals surface area contributed by atoms with Crippen LogP contribution < -0.4 is 10.5 Å². The zero-order chi connectivity index (χ0) is 10.6. The summed E-state index contributed by atoms with van der Waals surface area (Å²) in [7, 11) is 3.02. The maximum absolute atomic E-state index is 13.4. The fourth-order valence-corrected chi connectivity index (χ4v) is 1.20. The molecule has 0 saturated heterocycles. The van der Waals surface area contributed by atoms with Crippen LogP contribution in [0.15, 0.2) is 18.2 Å². The first-order valence-electron chi connectivity index (χ1n) is 4.27. The molecule has 0 amide bonds. The first-order valence-corrected chi connectivity index (χ1v) is 4.27. The molecular formula is C10H14FNO2. The van der Waals surface area contributed by atoms with Gasteiger partial charge in [0, 0.05) is 18.7 Å². The topological polar surface area (TPSA) is 44.5 Å². The summed E-state index contributed by atoms with van der Waals surface area (Å²) < 4.78 is 23.1. The average molecular weight is 199 g/mol. The van der Waals surface area contributed by atoms with E-state index in [0.717, 1.165) is 0 Å². The van der Waals surface area contributed by atoms with E-state index in [1.807, 2.05) is 0 Å². The van der Waals surface area contributed by atoms with E-state index < -0.39 is 6.04 Å². The van der Waals surface area contributed by atoms with Crippen molar-refractivity contribution in [2.75, 3.05) is 20.8 Å². The second-order valence-corrected chi connectivity index (χ2v) is 2.95. The van der Waals surface area contributed by atoms with Crippen LogP contribution in [0.4, 0.5) is 4.39 Å². The second-order valence-electron chi connectivity index (χ2n) is 2.95. The molecule has 3 nitrogen and oxygen atoms in total. The monoisotopic (exact) mass is 199 g/mol. The Kier molecular flexibility index (Phi) is 3.85. The van der Waals surface area contributed by atoms with Gasteiger partial charge in [-0.1, -0.05) is 6.07 Å². The van der Waals surface area contributed by atoms with Gasteiger partial charge in [-0.3, -0.25) is 0 Å². The van der Waals surface area contributed by atoms with Crippen molar-refractivity contribution in [3.05, 3.63) is 29.6 Å². The molecule has 1 atom stereocenters. The average Bonchev–Trinajstić information content (AvgIpc) is 2.17. The number of hydrogen-bond donors (Lipinski definition) is 1. The smallest absolute Gasteiger partial charge is 0.131 e. The van der Waals surface area contributed by atoms with Gasteiger partial charge in [0.25, 0.3) is 0 Å². The molecule has 14 heavy (non-hydrogen) atoms. The zero-order valence-corrected chi connectivity index (χ0v) is 8.29. The Labute approximate surface area is 82.6 Å². The summed E-state index contributed by atoms with van der Waals surface area (Å²) in [5.41, 5.74) is 6.13. The number of rotatable bonds is 4. The van der Waals surface area contributed by atoms with Gasteiger partial charge in [0.15, 0.2) is 0 Å². The Hall–Kier alpha value is -1.13. The van der Waals surface area contributed by atoms with Crippen molar-refractivity contribution in [3.63, 3.8) is 0 Å². The highest BCUT2D eigenvalue weighted by molar-refractivity contribution is 5.30. The summed E-state index contributed by atoms with van der Waals surface area (Å²) in [5.74, 6) is 0.116. The minimum atomic E-state index is -0.439. The molecule has 0 spiro atoms. The van der Waals surface area contributed by atoms with E-state index in [-0.39, 0.29) is 5.82 Å². The van der Waals surface area contributed by atoms with Gasteiger partial charge in [-0.05, 0) is 6.07 Å². The standard InChI is InChI=1S/C10H14FNO2/c1-13-6-10(12)8-4-3-7(14-2)5-9(8)11/h3-5,10H,6,12H2,1-2H3. The van der Waals surface area contributed by atoms with Gasteiger partial charge in [-0.15, -0.1) is 0 Å².